The lowest BCUT2D eigenvalue weighted by Crippen LogP contribution is -2.44. The third kappa shape index (κ3) is 3.75. The number of piperidine rings is 1. The average Bonchev–Trinajstić information content (AvgIpc) is 3.31. The molecule has 1 spiro atoms. The van der Waals surface area contributed by atoms with Gasteiger partial charge in [-0.2, -0.15) is 0 Å². The number of amides is 2. The molecule has 2 aliphatic heterocycles. The Balaban J connectivity index is 1.30. The highest BCUT2D eigenvalue weighted by atomic mass is 16.5. The first-order valence-corrected chi connectivity index (χ1v) is 11.8. The van der Waals surface area contributed by atoms with Gasteiger partial charge in [0.2, 0.25) is 5.91 Å². The Morgan fingerprint density at radius 2 is 1.75 bits per heavy atom. The first-order valence-electron chi connectivity index (χ1n) is 11.8. The molecule has 0 unspecified atom stereocenters. The minimum absolute atomic E-state index is 0.0602. The predicted molar refractivity (Wildman–Crippen MR) is 121 cm³/mol. The Morgan fingerprint density at radius 1 is 1.03 bits per heavy atom. The van der Waals surface area contributed by atoms with Crippen molar-refractivity contribution in [3.8, 4) is 0 Å². The lowest BCUT2D eigenvalue weighted by atomic mass is 9.73. The molecule has 170 valence electrons. The van der Waals surface area contributed by atoms with Crippen molar-refractivity contribution in [2.75, 3.05) is 39.4 Å². The van der Waals surface area contributed by atoms with Gasteiger partial charge < -0.3 is 19.0 Å². The minimum Gasteiger partial charge on any atom is -0.466 e. The van der Waals surface area contributed by atoms with Gasteiger partial charge in [-0.05, 0) is 61.6 Å². The highest BCUT2D eigenvalue weighted by Gasteiger charge is 2.46. The molecule has 0 saturated carbocycles. The van der Waals surface area contributed by atoms with Crippen molar-refractivity contribution in [3.63, 3.8) is 0 Å². The van der Waals surface area contributed by atoms with Gasteiger partial charge in [-0.1, -0.05) is 24.3 Å². The van der Waals surface area contributed by atoms with E-state index in [9.17, 15) is 9.59 Å². The average molecular weight is 437 g/mol. The largest absolute Gasteiger partial charge is 0.466 e. The van der Waals surface area contributed by atoms with E-state index >= 15 is 0 Å². The molecule has 1 aromatic carbocycles. The van der Waals surface area contributed by atoms with Crippen LogP contribution in [0, 0.1) is 13.8 Å². The van der Waals surface area contributed by atoms with Gasteiger partial charge in [0.25, 0.3) is 5.91 Å². The summed E-state index contributed by atoms with van der Waals surface area (Å²) in [4.78, 5) is 30.0. The molecule has 1 aromatic heterocycles. The summed E-state index contributed by atoms with van der Waals surface area (Å²) in [7, 11) is 0. The zero-order chi connectivity index (χ0) is 22.3. The molecule has 0 N–H and O–H groups in total. The van der Waals surface area contributed by atoms with E-state index in [0.717, 1.165) is 38.1 Å². The van der Waals surface area contributed by atoms with Crippen LogP contribution in [0.5, 0.6) is 0 Å². The molecule has 5 rings (SSSR count). The maximum absolute atomic E-state index is 13.1. The molecule has 3 aliphatic rings. The van der Waals surface area contributed by atoms with Crippen molar-refractivity contribution in [2.45, 2.75) is 50.9 Å². The SMILES string of the molecule is Cc1cc(C(=O)N2CCC3(CC2)C[C@H](CC(=O)N2CCOCC2)c2ccccc23)c(C)o1. The number of hydrogen-bond donors (Lipinski definition) is 0. The second-order valence-corrected chi connectivity index (χ2v) is 9.59. The molecule has 0 bridgehead atoms. The van der Waals surface area contributed by atoms with Crippen LogP contribution in [0.1, 0.15) is 64.6 Å². The normalized spacial score (nSPS) is 22.2. The van der Waals surface area contributed by atoms with E-state index in [1.165, 1.54) is 11.1 Å². The first kappa shape index (κ1) is 21.3. The Morgan fingerprint density at radius 3 is 2.44 bits per heavy atom. The summed E-state index contributed by atoms with van der Waals surface area (Å²) in [5.41, 5.74) is 3.46. The number of ether oxygens (including phenoxy) is 1. The number of aryl methyl sites for hydroxylation is 2. The Bertz CT molecular complexity index is 1010. The zero-order valence-corrected chi connectivity index (χ0v) is 19.1. The number of benzene rings is 1. The van der Waals surface area contributed by atoms with Crippen LogP contribution >= 0.6 is 0 Å². The van der Waals surface area contributed by atoms with Crippen molar-refractivity contribution >= 4 is 11.8 Å². The summed E-state index contributed by atoms with van der Waals surface area (Å²) in [5, 5.41) is 0. The molecule has 1 aliphatic carbocycles. The smallest absolute Gasteiger partial charge is 0.257 e. The number of hydrogen-bond acceptors (Lipinski definition) is 4. The quantitative estimate of drug-likeness (QED) is 0.734. The van der Waals surface area contributed by atoms with Gasteiger partial charge in [0, 0.05) is 32.6 Å². The van der Waals surface area contributed by atoms with Gasteiger partial charge in [0.1, 0.15) is 11.5 Å². The van der Waals surface area contributed by atoms with Gasteiger partial charge in [0.05, 0.1) is 18.8 Å². The molecule has 3 heterocycles. The van der Waals surface area contributed by atoms with Crippen LogP contribution in [0.2, 0.25) is 0 Å². The second-order valence-electron chi connectivity index (χ2n) is 9.59. The fourth-order valence-corrected chi connectivity index (χ4v) is 5.99. The van der Waals surface area contributed by atoms with E-state index in [0.29, 0.717) is 44.0 Å². The van der Waals surface area contributed by atoms with E-state index in [2.05, 4.69) is 24.3 Å². The van der Waals surface area contributed by atoms with E-state index in [-0.39, 0.29) is 23.1 Å². The molecule has 6 heteroatoms. The van der Waals surface area contributed by atoms with E-state index in [1.807, 2.05) is 29.7 Å². The van der Waals surface area contributed by atoms with E-state index in [1.54, 1.807) is 0 Å². The van der Waals surface area contributed by atoms with Crippen LogP contribution in [0.25, 0.3) is 0 Å². The Labute approximate surface area is 189 Å². The van der Waals surface area contributed by atoms with Crippen molar-refractivity contribution in [3.05, 3.63) is 58.5 Å². The number of morpholine rings is 1. The predicted octanol–water partition coefficient (Wildman–Crippen LogP) is 3.81. The van der Waals surface area contributed by atoms with Crippen LogP contribution < -0.4 is 0 Å². The van der Waals surface area contributed by atoms with Gasteiger partial charge in [-0.15, -0.1) is 0 Å². The highest BCUT2D eigenvalue weighted by molar-refractivity contribution is 5.95. The van der Waals surface area contributed by atoms with Crippen LogP contribution in [-0.2, 0) is 14.9 Å². The summed E-state index contributed by atoms with van der Waals surface area (Å²) in [6.45, 7) is 7.87. The molecule has 0 radical (unpaired) electrons. The van der Waals surface area contributed by atoms with Crippen molar-refractivity contribution < 1.29 is 18.7 Å². The number of furan rings is 1. The fourth-order valence-electron chi connectivity index (χ4n) is 5.99. The Kier molecular flexibility index (Phi) is 5.58. The highest BCUT2D eigenvalue weighted by Crippen LogP contribution is 2.52. The second kappa shape index (κ2) is 8.39. The molecule has 2 fully saturated rings. The molecular weight excluding hydrogens is 404 g/mol. The van der Waals surface area contributed by atoms with Gasteiger partial charge in [-0.3, -0.25) is 9.59 Å². The van der Waals surface area contributed by atoms with Crippen LogP contribution in [0.15, 0.2) is 34.7 Å². The summed E-state index contributed by atoms with van der Waals surface area (Å²) in [5.74, 6) is 2.03. The number of rotatable bonds is 3. The molecule has 1 atom stereocenters. The molecule has 32 heavy (non-hydrogen) atoms. The summed E-state index contributed by atoms with van der Waals surface area (Å²) in [6.07, 6.45) is 3.44. The number of carbonyl (C=O) groups excluding carboxylic acids is 2. The summed E-state index contributed by atoms with van der Waals surface area (Å²) in [6, 6.07) is 10.5. The van der Waals surface area contributed by atoms with Crippen LogP contribution in [0.3, 0.4) is 0 Å². The molecule has 2 aromatic rings. The minimum atomic E-state index is 0.0602. The van der Waals surface area contributed by atoms with Crippen molar-refractivity contribution in [1.82, 2.24) is 9.80 Å². The van der Waals surface area contributed by atoms with Crippen molar-refractivity contribution in [1.29, 1.82) is 0 Å². The van der Waals surface area contributed by atoms with E-state index < -0.39 is 0 Å². The maximum atomic E-state index is 13.1. The topological polar surface area (TPSA) is 63.0 Å². The summed E-state index contributed by atoms with van der Waals surface area (Å²) < 4.78 is 11.0. The van der Waals surface area contributed by atoms with Crippen LogP contribution in [-0.4, -0.2) is 61.0 Å². The zero-order valence-electron chi connectivity index (χ0n) is 19.1. The third-order valence-corrected chi connectivity index (χ3v) is 7.67. The molecular formula is C26H32N2O4. The van der Waals surface area contributed by atoms with Crippen molar-refractivity contribution in [2.24, 2.45) is 0 Å². The summed E-state index contributed by atoms with van der Waals surface area (Å²) >= 11 is 0. The molecule has 2 saturated heterocycles. The van der Waals surface area contributed by atoms with Gasteiger partial charge in [-0.25, -0.2) is 0 Å². The maximum Gasteiger partial charge on any atom is 0.257 e. The molecule has 2 amide bonds. The number of fused-ring (bicyclic) bond motifs is 2. The monoisotopic (exact) mass is 436 g/mol. The van der Waals surface area contributed by atoms with Crippen LogP contribution in [0.4, 0.5) is 0 Å². The number of carbonyl (C=O) groups is 2. The number of likely N-dealkylation sites (tertiary alicyclic amines) is 1. The van der Waals surface area contributed by atoms with E-state index in [4.69, 9.17) is 9.15 Å². The lowest BCUT2D eigenvalue weighted by Gasteiger charge is -2.40. The Hall–Kier alpha value is -2.60. The lowest BCUT2D eigenvalue weighted by molar-refractivity contribution is -0.135. The standard InChI is InChI=1S/C26H32N2O4/c1-18-15-22(19(2)32-18)25(30)28-9-7-26(8-10-28)17-20(21-5-3-4-6-23(21)26)16-24(29)27-11-13-31-14-12-27/h3-6,15,20H,7-14,16-17H2,1-2H3/t20-/m0/s1. The van der Waals surface area contributed by atoms with Gasteiger partial charge >= 0.3 is 0 Å². The third-order valence-electron chi connectivity index (χ3n) is 7.67. The fraction of sp³-hybridized carbons (Fsp3) is 0.538. The molecule has 6 nitrogen and oxygen atoms in total. The van der Waals surface area contributed by atoms with Gasteiger partial charge in [0.15, 0.2) is 0 Å². The number of nitrogens with zero attached hydrogens (tertiary/aromatic N) is 2. The first-order chi connectivity index (χ1) is 15.5.